The van der Waals surface area contributed by atoms with Crippen molar-refractivity contribution in [1.82, 2.24) is 0 Å². The lowest BCUT2D eigenvalue weighted by Crippen LogP contribution is -1.94. The maximum Gasteiger partial charge on any atom is 0.0668 e. The fourth-order valence-corrected chi connectivity index (χ4v) is 2.26. The van der Waals surface area contributed by atoms with Crippen LogP contribution in [0.2, 0.25) is 0 Å². The molecular formula is C11H11N. The zero-order valence-electron chi connectivity index (χ0n) is 7.01. The predicted octanol–water partition coefficient (Wildman–Crippen LogP) is 2.77. The van der Waals surface area contributed by atoms with Gasteiger partial charge in [0.1, 0.15) is 0 Å². The smallest absolute Gasteiger partial charge is 0.0668 e. The number of hydrogen-bond donors (Lipinski definition) is 0. The molecule has 0 aromatic carbocycles. The van der Waals surface area contributed by atoms with Crippen LogP contribution in [0, 0.1) is 0 Å². The Morgan fingerprint density at radius 3 is 3.25 bits per heavy atom. The van der Waals surface area contributed by atoms with E-state index < -0.39 is 0 Å². The van der Waals surface area contributed by atoms with Gasteiger partial charge in [-0.1, -0.05) is 5.57 Å². The number of rotatable bonds is 0. The first kappa shape index (κ1) is 6.41. The molecule has 3 rings (SSSR count). The molecule has 60 valence electrons. The van der Waals surface area contributed by atoms with Gasteiger partial charge < -0.3 is 0 Å². The minimum Gasteiger partial charge on any atom is -0.257 e. The first-order chi connectivity index (χ1) is 5.93. The second kappa shape index (κ2) is 2.19. The summed E-state index contributed by atoms with van der Waals surface area (Å²) in [5, 5.41) is 0. The van der Waals surface area contributed by atoms with Crippen molar-refractivity contribution in [2.45, 2.75) is 25.7 Å². The summed E-state index contributed by atoms with van der Waals surface area (Å²) in [6.45, 7) is 0. The van der Waals surface area contributed by atoms with Crippen LogP contribution in [-0.2, 0) is 0 Å². The fraction of sp³-hybridized carbons (Fsp3) is 0.364. The van der Waals surface area contributed by atoms with Crippen molar-refractivity contribution in [1.29, 1.82) is 0 Å². The van der Waals surface area contributed by atoms with E-state index in [9.17, 15) is 0 Å². The average molecular weight is 157 g/mol. The molecular weight excluding hydrogens is 146 g/mol. The molecule has 1 heteroatoms. The number of fused-ring (bicyclic) bond motifs is 1. The van der Waals surface area contributed by atoms with Crippen molar-refractivity contribution in [2.24, 2.45) is 4.99 Å². The highest BCUT2D eigenvalue weighted by atomic mass is 14.8. The lowest BCUT2D eigenvalue weighted by molar-refractivity contribution is 0.886. The third-order valence-corrected chi connectivity index (χ3v) is 2.91. The van der Waals surface area contributed by atoms with Gasteiger partial charge in [0.2, 0.25) is 0 Å². The number of allylic oxidation sites excluding steroid dienone is 5. The molecule has 0 bridgehead atoms. The quantitative estimate of drug-likeness (QED) is 0.512. The highest BCUT2D eigenvalue weighted by Gasteiger charge is 2.21. The molecule has 0 atom stereocenters. The van der Waals surface area contributed by atoms with Crippen molar-refractivity contribution >= 4 is 6.21 Å². The molecule has 0 aromatic rings. The minimum absolute atomic E-state index is 1.17. The number of hydrogen-bond acceptors (Lipinski definition) is 1. The Hall–Kier alpha value is -1.11. The van der Waals surface area contributed by atoms with Crippen molar-refractivity contribution < 1.29 is 0 Å². The molecule has 2 aliphatic carbocycles. The summed E-state index contributed by atoms with van der Waals surface area (Å²) < 4.78 is 0. The first-order valence-electron chi connectivity index (χ1n) is 4.60. The van der Waals surface area contributed by atoms with Crippen LogP contribution >= 0.6 is 0 Å². The van der Waals surface area contributed by atoms with Gasteiger partial charge in [-0.15, -0.1) is 0 Å². The van der Waals surface area contributed by atoms with Crippen molar-refractivity contribution in [2.75, 3.05) is 0 Å². The molecule has 0 fully saturated rings. The summed E-state index contributed by atoms with van der Waals surface area (Å²) in [6, 6.07) is 0. The summed E-state index contributed by atoms with van der Waals surface area (Å²) in [5.41, 5.74) is 5.88. The van der Waals surface area contributed by atoms with E-state index >= 15 is 0 Å². The minimum atomic E-state index is 1.17. The summed E-state index contributed by atoms with van der Waals surface area (Å²) in [4.78, 5) is 4.33. The monoisotopic (exact) mass is 157 g/mol. The van der Waals surface area contributed by atoms with Crippen LogP contribution < -0.4 is 0 Å². The third kappa shape index (κ3) is 0.765. The van der Waals surface area contributed by atoms with E-state index in [0.717, 1.165) is 0 Å². The van der Waals surface area contributed by atoms with Gasteiger partial charge in [-0.05, 0) is 49.0 Å². The first-order valence-corrected chi connectivity index (χ1v) is 4.60. The lowest BCUT2D eigenvalue weighted by atomic mass is 9.94. The largest absolute Gasteiger partial charge is 0.257 e. The van der Waals surface area contributed by atoms with Gasteiger partial charge >= 0.3 is 0 Å². The van der Waals surface area contributed by atoms with E-state index in [1.165, 1.54) is 37.0 Å². The molecule has 0 spiro atoms. The maximum atomic E-state index is 4.33. The Kier molecular flexibility index (Phi) is 1.17. The van der Waals surface area contributed by atoms with Crippen LogP contribution in [0.4, 0.5) is 0 Å². The Morgan fingerprint density at radius 2 is 2.25 bits per heavy atom. The van der Waals surface area contributed by atoms with E-state index in [1.807, 2.05) is 6.21 Å². The zero-order chi connectivity index (χ0) is 7.97. The molecule has 0 saturated carbocycles. The molecule has 1 nitrogen and oxygen atoms in total. The summed E-state index contributed by atoms with van der Waals surface area (Å²) in [5.74, 6) is 0. The normalized spacial score (nSPS) is 25.3. The summed E-state index contributed by atoms with van der Waals surface area (Å²) >= 11 is 0. The van der Waals surface area contributed by atoms with E-state index in [1.54, 1.807) is 11.1 Å². The van der Waals surface area contributed by atoms with Gasteiger partial charge in [0.15, 0.2) is 0 Å². The topological polar surface area (TPSA) is 12.4 Å². The predicted molar refractivity (Wildman–Crippen MR) is 50.2 cm³/mol. The molecule has 1 heterocycles. The lowest BCUT2D eigenvalue weighted by Gasteiger charge is -2.12. The Morgan fingerprint density at radius 1 is 1.25 bits per heavy atom. The van der Waals surface area contributed by atoms with E-state index in [-0.39, 0.29) is 0 Å². The molecule has 0 aromatic heterocycles. The maximum absolute atomic E-state index is 4.33. The number of nitrogens with zero attached hydrogens (tertiary/aromatic N) is 1. The highest BCUT2D eigenvalue weighted by molar-refractivity contribution is 5.80. The molecule has 0 radical (unpaired) electrons. The molecule has 12 heavy (non-hydrogen) atoms. The van der Waals surface area contributed by atoms with Crippen molar-refractivity contribution in [3.8, 4) is 0 Å². The van der Waals surface area contributed by atoms with E-state index in [0.29, 0.717) is 0 Å². The van der Waals surface area contributed by atoms with Gasteiger partial charge in [-0.3, -0.25) is 4.99 Å². The molecule has 0 amide bonds. The van der Waals surface area contributed by atoms with Crippen LogP contribution in [-0.4, -0.2) is 6.21 Å². The Bertz CT molecular complexity index is 353. The molecule has 0 N–H and O–H groups in total. The van der Waals surface area contributed by atoms with Gasteiger partial charge in [-0.25, -0.2) is 0 Å². The molecule has 0 unspecified atom stereocenters. The second-order valence-corrected chi connectivity index (χ2v) is 3.66. The van der Waals surface area contributed by atoms with Gasteiger partial charge in [0, 0.05) is 6.21 Å². The molecule has 3 aliphatic rings. The second-order valence-electron chi connectivity index (χ2n) is 3.66. The van der Waals surface area contributed by atoms with Crippen LogP contribution in [0.15, 0.2) is 39.6 Å². The Balaban J connectivity index is 2.08. The van der Waals surface area contributed by atoms with Crippen molar-refractivity contribution in [3.63, 3.8) is 0 Å². The zero-order valence-corrected chi connectivity index (χ0v) is 7.01. The summed E-state index contributed by atoms with van der Waals surface area (Å²) in [6.07, 6.45) is 11.5. The third-order valence-electron chi connectivity index (χ3n) is 2.91. The van der Waals surface area contributed by atoms with Gasteiger partial charge in [-0.2, -0.15) is 0 Å². The standard InChI is InChI=1S/C11H11N/c1-2-8-6-10-4-5-12-11(10)7-9(8)3-1/h4-5,7H,1-3,6H2. The van der Waals surface area contributed by atoms with Crippen LogP contribution in [0.3, 0.4) is 0 Å². The molecule has 0 saturated heterocycles. The van der Waals surface area contributed by atoms with Gasteiger partial charge in [0.25, 0.3) is 0 Å². The van der Waals surface area contributed by atoms with Crippen LogP contribution in [0.25, 0.3) is 0 Å². The van der Waals surface area contributed by atoms with E-state index in [4.69, 9.17) is 0 Å². The SMILES string of the molecule is C1=NC2=CC3=C(CCC3)CC2=C1. The van der Waals surface area contributed by atoms with Crippen molar-refractivity contribution in [3.05, 3.63) is 34.6 Å². The average Bonchev–Trinajstić information content (AvgIpc) is 2.64. The van der Waals surface area contributed by atoms with Crippen LogP contribution in [0.1, 0.15) is 25.7 Å². The summed E-state index contributed by atoms with van der Waals surface area (Å²) in [7, 11) is 0. The molecule has 1 aliphatic heterocycles. The van der Waals surface area contributed by atoms with Crippen LogP contribution in [0.5, 0.6) is 0 Å². The Labute approximate surface area is 72.2 Å². The van der Waals surface area contributed by atoms with Gasteiger partial charge in [0.05, 0.1) is 5.70 Å². The highest BCUT2D eigenvalue weighted by Crippen LogP contribution is 2.39. The number of aliphatic imine (C=N–C) groups is 1. The van der Waals surface area contributed by atoms with E-state index in [2.05, 4.69) is 17.1 Å². The fourth-order valence-electron chi connectivity index (χ4n) is 2.26.